The van der Waals surface area contributed by atoms with E-state index in [-0.39, 0.29) is 123 Å². The lowest BCUT2D eigenvalue weighted by molar-refractivity contribution is -0.137. The number of fused-ring (bicyclic) bond motifs is 6. The Morgan fingerprint density at radius 1 is 0.608 bits per heavy atom. The van der Waals surface area contributed by atoms with E-state index in [0.29, 0.717) is 102 Å². The summed E-state index contributed by atoms with van der Waals surface area (Å²) in [6.45, 7) is 10.6. The predicted octanol–water partition coefficient (Wildman–Crippen LogP) is 11.4. The van der Waals surface area contributed by atoms with Crippen molar-refractivity contribution < 1.29 is 70.2 Å². The first kappa shape index (κ1) is 86.8. The number of nitrogens with one attached hydrogen (secondary N) is 6. The number of hydrogen-bond acceptors (Lipinski definition) is 24. The molecule has 1 spiro atoms. The third-order valence-corrected chi connectivity index (χ3v) is 30.5. The number of imide groups is 4. The highest BCUT2D eigenvalue weighted by Gasteiger charge is 2.51. The summed E-state index contributed by atoms with van der Waals surface area (Å²) < 4.78 is 76.8. The number of likely N-dealkylation sites (tertiary alicyclic amines) is 1. The maximum Gasteiger partial charge on any atom is 0.284 e. The molecule has 8 aromatic rings. The van der Waals surface area contributed by atoms with E-state index < -0.39 is 83.8 Å². The van der Waals surface area contributed by atoms with Gasteiger partial charge in [-0.25, -0.2) is 36.6 Å². The zero-order valence-corrected chi connectivity index (χ0v) is 73.6. The first-order chi connectivity index (χ1) is 62.9. The van der Waals surface area contributed by atoms with Gasteiger partial charge in [-0.3, -0.25) is 72.9 Å². The number of anilines is 6. The normalized spacial score (nSPS) is 26.1. The van der Waals surface area contributed by atoms with Crippen molar-refractivity contribution in [1.82, 2.24) is 79.0 Å². The molecule has 38 heteroatoms. The number of piperidine rings is 3. The van der Waals surface area contributed by atoms with Gasteiger partial charge >= 0.3 is 0 Å². The fourth-order valence-corrected chi connectivity index (χ4v) is 23.2. The van der Waals surface area contributed by atoms with Gasteiger partial charge in [-0.1, -0.05) is 38.0 Å². The average molecular weight is 1810 g/mol. The number of thiocarbonyl (C=S) groups is 1. The molecule has 20 rings (SSSR count). The monoisotopic (exact) mass is 1800 g/mol. The highest BCUT2D eigenvalue weighted by atomic mass is 32.1. The van der Waals surface area contributed by atoms with E-state index in [9.17, 15) is 55.9 Å². The molecule has 5 atom stereocenters. The lowest BCUT2D eigenvalue weighted by Crippen LogP contribution is -2.54. The Labute approximate surface area is 752 Å². The Bertz CT molecular complexity index is 5800. The van der Waals surface area contributed by atoms with Crippen molar-refractivity contribution in [1.29, 1.82) is 0 Å². The third-order valence-electron chi connectivity index (χ3n) is 30.1. The van der Waals surface area contributed by atoms with Gasteiger partial charge in [0.15, 0.2) is 22.7 Å². The summed E-state index contributed by atoms with van der Waals surface area (Å²) >= 11 is 5.84. The van der Waals surface area contributed by atoms with Crippen LogP contribution in [0.25, 0.3) is 22.4 Å². The Balaban J connectivity index is 0.462. The largest absolute Gasteiger partial charge is 0.384 e. The molecular formula is C92H108F4N22O11S. The van der Waals surface area contributed by atoms with Crippen LogP contribution in [-0.4, -0.2) is 243 Å². The standard InChI is InChI=1S/C92H108F4N22O11S/c1-3-56-48-128-33-32-111(56)71-23-28-113-82(103-71)64(41-99-113)84(121)101-67-46-115(107-78(67)80(93)94)57-12-8-52(9-13-57)43-109(2)27-22-50-4-6-51(7-5-50)39-98-77-61(16-17-62-76(77)91(127)117(88(62)124)69-18-20-73(119)105-85(69)122)55-34-63-75(90(126)118(89(63)125)70-19-21-74(120)106-86(70)123)66(35-55)97-40-54-37-92(38-54)25-30-110(31-26-92)44-53-10-14-58(15-11-53)116-47-68(79(108-116)81(95)96)102-87(130)65-42-100-114-29-24-72(104-83(65)114)112-45-60-36-59(112)49-129-60/h16-17,23-24,28-29,34-35,41-42,46-47,50-54,56-60,69-70,80-81,97-98H,3-15,18-22,25-27,30-33,36-40,43-45,48-49H2,1-2H3,(H,101,121)(H,102,130)(H,105,119,122)(H,106,120,123)/t50?,51?,52?,53?,56-,57?,58?,59-,60-,69?,70?/m1/s1. The first-order valence-electron chi connectivity index (χ1n) is 46.4. The predicted molar refractivity (Wildman–Crippen MR) is 474 cm³/mol. The van der Waals surface area contributed by atoms with Crippen molar-refractivity contribution in [2.75, 3.05) is 117 Å². The smallest absolute Gasteiger partial charge is 0.284 e. The number of aromatic nitrogens is 10. The molecule has 130 heavy (non-hydrogen) atoms. The van der Waals surface area contributed by atoms with Gasteiger partial charge < -0.3 is 50.3 Å². The summed E-state index contributed by atoms with van der Waals surface area (Å²) in [6.07, 6.45) is 20.8. The lowest BCUT2D eigenvalue weighted by Gasteiger charge is -2.53. The van der Waals surface area contributed by atoms with Crippen LogP contribution in [0.3, 0.4) is 0 Å². The molecule has 4 saturated carbocycles. The molecule has 10 fully saturated rings. The first-order valence-corrected chi connectivity index (χ1v) is 46.8. The number of hydrogen-bond donors (Lipinski definition) is 6. The molecule has 686 valence electrons. The van der Waals surface area contributed by atoms with Gasteiger partial charge in [0, 0.05) is 88.1 Å². The Kier molecular flexibility index (Phi) is 23.9. The van der Waals surface area contributed by atoms with Gasteiger partial charge in [0.25, 0.3) is 42.4 Å². The van der Waals surface area contributed by atoms with Crippen LogP contribution in [0, 0.1) is 35.0 Å². The van der Waals surface area contributed by atoms with E-state index in [0.717, 1.165) is 177 Å². The van der Waals surface area contributed by atoms with Gasteiger partial charge in [0.1, 0.15) is 34.3 Å². The minimum Gasteiger partial charge on any atom is -0.384 e. The number of alkyl halides is 4. The molecular weight excluding hydrogens is 1700 g/mol. The molecule has 14 heterocycles. The number of morpholine rings is 2. The second kappa shape index (κ2) is 35.8. The van der Waals surface area contributed by atoms with Crippen molar-refractivity contribution >= 4 is 116 Å². The topological polar surface area (TPSA) is 360 Å². The molecule has 4 aliphatic carbocycles. The SMILES string of the molecule is CC[C@@H]1COCCN1c1ccn2ncc(C(=O)Nc3cn(C4CCC(CN(C)CCC5CCC(CNc6c(-c7cc(NCC8CC9(CCN(CC%10CCC(n%11cc(NC(=S)c%12cnn%13ccc(N%14C[C@H]%15C[C@@H]%14CO%15)nc%12%13)c(C(F)F)n%11)CC%10)CC9)C8)c8c(c7)C(=O)N(C7CCC(=O)NC7=O)C8=O)ccc7c6C(=O)N(C6CCC(=O)NC6=O)C7=O)CC5)CC4)nc3C(F)F)c2n1. The van der Waals surface area contributed by atoms with Gasteiger partial charge in [-0.2, -0.15) is 20.4 Å². The number of carbonyl (C=O) groups is 9. The van der Waals surface area contributed by atoms with Crippen LogP contribution in [0.2, 0.25) is 0 Å². The van der Waals surface area contributed by atoms with Crippen LogP contribution in [-0.2, 0) is 28.7 Å². The van der Waals surface area contributed by atoms with Crippen LogP contribution < -0.4 is 41.7 Å². The molecule has 2 bridgehead atoms. The molecule has 6 saturated heterocycles. The number of carbonyl (C=O) groups excluding carboxylic acids is 9. The van der Waals surface area contributed by atoms with E-state index >= 15 is 4.79 Å². The number of rotatable bonds is 27. The molecule has 8 aliphatic heterocycles. The Morgan fingerprint density at radius 3 is 1.80 bits per heavy atom. The van der Waals surface area contributed by atoms with Gasteiger partial charge in [-0.15, -0.1) is 0 Å². The lowest BCUT2D eigenvalue weighted by atomic mass is 9.57. The third kappa shape index (κ3) is 16.9. The van der Waals surface area contributed by atoms with Crippen molar-refractivity contribution in [3.8, 4) is 11.1 Å². The van der Waals surface area contributed by atoms with E-state index in [4.69, 9.17) is 31.7 Å². The van der Waals surface area contributed by atoms with E-state index in [1.165, 1.54) is 23.0 Å². The maximum absolute atomic E-state index is 15.1. The quantitative estimate of drug-likeness (QED) is 0.0158. The second-order valence-corrected chi connectivity index (χ2v) is 38.7. The summed E-state index contributed by atoms with van der Waals surface area (Å²) in [7, 11) is 2.14. The molecule has 6 aromatic heterocycles. The van der Waals surface area contributed by atoms with Crippen LogP contribution in [0.15, 0.2) is 73.6 Å². The van der Waals surface area contributed by atoms with E-state index in [1.807, 2.05) is 18.3 Å². The summed E-state index contributed by atoms with van der Waals surface area (Å²) in [4.78, 5) is 147. The molecule has 0 radical (unpaired) electrons. The van der Waals surface area contributed by atoms with Crippen LogP contribution in [0.1, 0.15) is 248 Å². The van der Waals surface area contributed by atoms with Crippen molar-refractivity contribution in [3.05, 3.63) is 118 Å². The summed E-state index contributed by atoms with van der Waals surface area (Å²) in [5.41, 5.74) is 2.60. The maximum atomic E-state index is 15.1. The van der Waals surface area contributed by atoms with E-state index in [1.54, 1.807) is 50.7 Å². The second-order valence-electron chi connectivity index (χ2n) is 38.3. The molecule has 12 aliphatic rings. The van der Waals surface area contributed by atoms with Gasteiger partial charge in [-0.05, 0) is 220 Å². The zero-order valence-electron chi connectivity index (χ0n) is 72.8. The van der Waals surface area contributed by atoms with Crippen molar-refractivity contribution in [2.45, 2.75) is 210 Å². The molecule has 2 aromatic carbocycles. The number of benzene rings is 2. The number of amides is 9. The highest BCUT2D eigenvalue weighted by Crippen LogP contribution is 2.54. The summed E-state index contributed by atoms with van der Waals surface area (Å²) in [5, 5.41) is 35.2. The minimum atomic E-state index is -2.93. The Hall–Kier alpha value is -11.2. The average Bonchev–Trinajstić information content (AvgIpc) is 1.57. The molecule has 33 nitrogen and oxygen atoms in total. The highest BCUT2D eigenvalue weighted by molar-refractivity contribution is 7.81. The van der Waals surface area contributed by atoms with Gasteiger partial charge in [0.2, 0.25) is 23.6 Å². The van der Waals surface area contributed by atoms with Crippen molar-refractivity contribution in [2.24, 2.45) is 35.0 Å². The van der Waals surface area contributed by atoms with E-state index in [2.05, 4.69) is 85.9 Å². The van der Waals surface area contributed by atoms with Gasteiger partial charge in [0.05, 0.1) is 107 Å². The fraction of sp³-hybridized carbons (Fsp3) is 0.565. The number of nitrogens with zero attached hydrogens (tertiary/aromatic N) is 16. The van der Waals surface area contributed by atoms with Crippen LogP contribution >= 0.6 is 12.2 Å². The molecule has 2 unspecified atom stereocenters. The Morgan fingerprint density at radius 2 is 1.18 bits per heavy atom. The number of ether oxygens (including phenoxy) is 2. The summed E-state index contributed by atoms with van der Waals surface area (Å²) in [6, 6.07) is 8.06. The van der Waals surface area contributed by atoms with Crippen molar-refractivity contribution in [3.63, 3.8) is 0 Å². The molecule has 9 amide bonds. The van der Waals surface area contributed by atoms with Crippen LogP contribution in [0.4, 0.5) is 51.9 Å². The fourth-order valence-electron chi connectivity index (χ4n) is 22.9. The minimum absolute atomic E-state index is 0.0226. The zero-order chi connectivity index (χ0) is 89.7. The molecule has 6 N–H and O–H groups in total. The summed E-state index contributed by atoms with van der Waals surface area (Å²) in [5.74, 6) is -2.92. The number of halogens is 4. The van der Waals surface area contributed by atoms with Crippen LogP contribution in [0.5, 0.6) is 0 Å².